The van der Waals surface area contributed by atoms with Crippen LogP contribution in [-0.2, 0) is 6.42 Å². The van der Waals surface area contributed by atoms with Crippen LogP contribution < -0.4 is 11.1 Å². The number of aromatic nitrogens is 1. The molecule has 1 fully saturated rings. The molecule has 0 spiro atoms. The molecule has 0 radical (unpaired) electrons. The van der Waals surface area contributed by atoms with Crippen molar-refractivity contribution in [1.82, 2.24) is 4.57 Å². The maximum atomic E-state index is 15.5. The highest BCUT2D eigenvalue weighted by molar-refractivity contribution is 6.06. The number of para-hydroxylation sites is 1. The Morgan fingerprint density at radius 2 is 1.83 bits per heavy atom. The van der Waals surface area contributed by atoms with E-state index in [-0.39, 0.29) is 29.0 Å². The Morgan fingerprint density at radius 3 is 2.50 bits per heavy atom. The van der Waals surface area contributed by atoms with Gasteiger partial charge >= 0.3 is 0 Å². The Hall–Kier alpha value is -3.19. The number of nitrogens with one attached hydrogen (secondary N) is 1. The maximum absolute atomic E-state index is 15.5. The molecule has 0 bridgehead atoms. The molecule has 5 rings (SSSR count). The van der Waals surface area contributed by atoms with Crippen LogP contribution in [0, 0.1) is 11.2 Å². The molecule has 2 aliphatic rings. The van der Waals surface area contributed by atoms with Crippen molar-refractivity contribution in [3.05, 3.63) is 53.5 Å². The molecule has 1 aliphatic heterocycles. The number of halogens is 1. The minimum Gasteiger partial charge on any atom is -0.393 e. The largest absolute Gasteiger partial charge is 0.393 e. The molecule has 1 amide bonds. The fourth-order valence-electron chi connectivity index (χ4n) is 6.19. The second-order valence-corrected chi connectivity index (χ2v) is 10.5. The molecular weight excluding hydrogens is 457 g/mol. The first-order chi connectivity index (χ1) is 17.3. The second-order valence-electron chi connectivity index (χ2n) is 10.5. The molecule has 2 heterocycles. The topological polar surface area (TPSA) is 97.4 Å². The molecule has 1 aliphatic carbocycles. The van der Waals surface area contributed by atoms with Crippen LogP contribution in [0.2, 0.25) is 0 Å². The number of primary amides is 1. The zero-order valence-electron chi connectivity index (χ0n) is 20.9. The van der Waals surface area contributed by atoms with Crippen LogP contribution in [0.5, 0.6) is 0 Å². The van der Waals surface area contributed by atoms with E-state index < -0.39 is 11.7 Å². The number of amides is 1. The molecule has 6 nitrogen and oxygen atoms in total. The summed E-state index contributed by atoms with van der Waals surface area (Å²) in [6, 6.07) is 10.9. The van der Waals surface area contributed by atoms with Gasteiger partial charge in [-0.05, 0) is 74.1 Å². The highest BCUT2D eigenvalue weighted by Gasteiger charge is 2.39. The number of hydrogen-bond donors (Lipinski definition) is 3. The fraction of sp³-hybridized carbons (Fsp3) is 0.448. The van der Waals surface area contributed by atoms with Crippen LogP contribution in [0.25, 0.3) is 22.0 Å². The number of benzene rings is 2. The van der Waals surface area contributed by atoms with Gasteiger partial charge in [-0.3, -0.25) is 14.2 Å². The van der Waals surface area contributed by atoms with Crippen LogP contribution in [0.1, 0.15) is 79.6 Å². The molecular formula is C29H34FN3O3. The molecule has 3 aromatic rings. The zero-order valence-corrected chi connectivity index (χ0v) is 20.9. The third-order valence-electron chi connectivity index (χ3n) is 8.47. The first-order valence-electron chi connectivity index (χ1n) is 13.0. The Morgan fingerprint density at radius 1 is 1.14 bits per heavy atom. The molecule has 0 unspecified atom stereocenters. The zero-order chi connectivity index (χ0) is 25.6. The van der Waals surface area contributed by atoms with Gasteiger partial charge in [-0.2, -0.15) is 0 Å². The van der Waals surface area contributed by atoms with Gasteiger partial charge in [-0.25, -0.2) is 4.39 Å². The van der Waals surface area contributed by atoms with Crippen LogP contribution in [0.4, 0.5) is 10.1 Å². The monoisotopic (exact) mass is 491 g/mol. The number of carbonyl (C=O) groups excluding carboxylic acids is 2. The summed E-state index contributed by atoms with van der Waals surface area (Å²) >= 11 is 0. The molecule has 0 atom stereocenters. The summed E-state index contributed by atoms with van der Waals surface area (Å²) in [5.41, 5.74) is 8.84. The molecule has 0 saturated heterocycles. The number of aliphatic hydroxyl groups excluding tert-OH is 1. The molecule has 36 heavy (non-hydrogen) atoms. The van der Waals surface area contributed by atoms with Gasteiger partial charge in [0.1, 0.15) is 5.82 Å². The smallest absolute Gasteiger partial charge is 0.253 e. The average Bonchev–Trinajstić information content (AvgIpc) is 3.19. The number of rotatable bonds is 6. The third kappa shape index (κ3) is 4.09. The van der Waals surface area contributed by atoms with Crippen LogP contribution in [0.3, 0.4) is 0 Å². The third-order valence-corrected chi connectivity index (χ3v) is 8.47. The number of carbonyl (C=O) groups is 2. The number of nitrogens with zero attached hydrogens (tertiary/aromatic N) is 1. The summed E-state index contributed by atoms with van der Waals surface area (Å²) in [4.78, 5) is 25.7. The lowest BCUT2D eigenvalue weighted by Crippen LogP contribution is -2.35. The Bertz CT molecular complexity index is 1330. The van der Waals surface area contributed by atoms with E-state index in [2.05, 4.69) is 19.2 Å². The van der Waals surface area contributed by atoms with Gasteiger partial charge in [-0.1, -0.05) is 32.0 Å². The van der Waals surface area contributed by atoms with E-state index in [1.807, 2.05) is 28.8 Å². The first kappa shape index (κ1) is 24.5. The minimum absolute atomic E-state index is 0.00950. The van der Waals surface area contributed by atoms with Crippen molar-refractivity contribution in [3.63, 3.8) is 0 Å². The summed E-state index contributed by atoms with van der Waals surface area (Å²) in [5, 5.41) is 14.1. The molecule has 7 heteroatoms. The number of anilines is 1. The van der Waals surface area contributed by atoms with E-state index in [1.54, 1.807) is 6.07 Å². The average molecular weight is 492 g/mol. The van der Waals surface area contributed by atoms with E-state index in [9.17, 15) is 14.7 Å². The summed E-state index contributed by atoms with van der Waals surface area (Å²) in [7, 11) is 0. The lowest BCUT2D eigenvalue weighted by Gasteiger charge is -2.36. The number of nitrogens with two attached hydrogens (primary N) is 1. The Balaban J connectivity index is 1.70. The van der Waals surface area contributed by atoms with Crippen molar-refractivity contribution in [2.75, 3.05) is 5.32 Å². The van der Waals surface area contributed by atoms with Crippen LogP contribution in [-0.4, -0.2) is 33.6 Å². The van der Waals surface area contributed by atoms with Crippen molar-refractivity contribution in [3.8, 4) is 11.1 Å². The second kappa shape index (κ2) is 9.36. The van der Waals surface area contributed by atoms with E-state index in [0.29, 0.717) is 30.5 Å². The number of hydrogen-bond acceptors (Lipinski definition) is 4. The van der Waals surface area contributed by atoms with Gasteiger partial charge in [0, 0.05) is 29.1 Å². The van der Waals surface area contributed by atoms with Gasteiger partial charge in [-0.15, -0.1) is 0 Å². The first-order valence-corrected chi connectivity index (χ1v) is 13.0. The normalized spacial score (nSPS) is 21.4. The summed E-state index contributed by atoms with van der Waals surface area (Å²) in [6.07, 6.45) is 5.40. The molecule has 4 N–H and O–H groups in total. The lowest BCUT2D eigenvalue weighted by atomic mass is 9.72. The molecule has 190 valence electrons. The van der Waals surface area contributed by atoms with E-state index in [0.717, 1.165) is 54.3 Å². The van der Waals surface area contributed by atoms with Gasteiger partial charge in [0.2, 0.25) is 5.91 Å². The predicted octanol–water partition coefficient (Wildman–Crippen LogP) is 5.65. The van der Waals surface area contributed by atoms with E-state index in [4.69, 9.17) is 5.73 Å². The minimum atomic E-state index is -0.827. The summed E-state index contributed by atoms with van der Waals surface area (Å²) in [5.74, 6) is -1.44. The Labute approximate surface area is 210 Å². The van der Waals surface area contributed by atoms with Crippen molar-refractivity contribution in [2.24, 2.45) is 11.1 Å². The van der Waals surface area contributed by atoms with Crippen LogP contribution >= 0.6 is 0 Å². The van der Waals surface area contributed by atoms with E-state index >= 15 is 4.39 Å². The van der Waals surface area contributed by atoms with Crippen LogP contribution in [0.15, 0.2) is 36.4 Å². The quantitative estimate of drug-likeness (QED) is 0.415. The number of fused-ring (bicyclic) bond motifs is 3. The number of aliphatic hydroxyl groups is 1. The summed E-state index contributed by atoms with van der Waals surface area (Å²) < 4.78 is 17.3. The predicted molar refractivity (Wildman–Crippen MR) is 140 cm³/mol. The van der Waals surface area contributed by atoms with Crippen molar-refractivity contribution in [1.29, 1.82) is 0 Å². The van der Waals surface area contributed by atoms with Crippen molar-refractivity contribution in [2.45, 2.75) is 77.4 Å². The van der Waals surface area contributed by atoms with Crippen molar-refractivity contribution >= 4 is 28.4 Å². The van der Waals surface area contributed by atoms with E-state index in [1.165, 1.54) is 6.07 Å². The van der Waals surface area contributed by atoms with Gasteiger partial charge in [0.05, 0.1) is 22.9 Å². The highest BCUT2D eigenvalue weighted by atomic mass is 19.1. The molecule has 1 aromatic heterocycles. The maximum Gasteiger partial charge on any atom is 0.253 e. The fourth-order valence-corrected chi connectivity index (χ4v) is 6.19. The SMILES string of the molecule is CCC1(CC)CC(=O)n2c(c(-c3cc(F)c(C(N)=O)c(N[C@H]4CC[C@H](O)CC4)c3)c3ccccc32)C1. The van der Waals surface area contributed by atoms with Crippen molar-refractivity contribution < 1.29 is 19.1 Å². The highest BCUT2D eigenvalue weighted by Crippen LogP contribution is 2.46. The standard InChI is InChI=1S/C29H34FN3O3/c1-3-29(4-2)15-24-26(20-7-5-6-8-23(20)33(24)25(35)16-29)17-13-21(30)27(28(31)36)22(14-17)32-18-9-11-19(34)12-10-18/h5-8,13-14,18-19,32,34H,3-4,9-12,15-16H2,1-2H3,(H2,31,36)/t18-,19-. The van der Waals surface area contributed by atoms with Gasteiger partial charge < -0.3 is 16.2 Å². The van der Waals surface area contributed by atoms with Gasteiger partial charge in [0.25, 0.3) is 5.91 Å². The molecule has 2 aromatic carbocycles. The van der Waals surface area contributed by atoms with Gasteiger partial charge in [0.15, 0.2) is 0 Å². The summed E-state index contributed by atoms with van der Waals surface area (Å²) in [6.45, 7) is 4.25. The molecule has 1 saturated carbocycles. The Kier molecular flexibility index (Phi) is 6.37. The lowest BCUT2D eigenvalue weighted by molar-refractivity contribution is 0.0769.